The zero-order valence-corrected chi connectivity index (χ0v) is 11.6. The number of nitrogens with one attached hydrogen (secondary N) is 1. The van der Waals surface area contributed by atoms with Gasteiger partial charge in [0.15, 0.2) is 6.61 Å². The summed E-state index contributed by atoms with van der Waals surface area (Å²) in [5, 5.41) is 4.00. The summed E-state index contributed by atoms with van der Waals surface area (Å²) in [4.78, 5) is 10.6. The molecule has 0 aliphatic heterocycles. The lowest BCUT2D eigenvalue weighted by Gasteiger charge is -2.08. The number of ether oxygens (including phenoxy) is 1. The van der Waals surface area contributed by atoms with Gasteiger partial charge < -0.3 is 15.8 Å². The normalized spacial score (nSPS) is 10.1. The molecule has 0 bridgehead atoms. The highest BCUT2D eigenvalue weighted by Gasteiger charge is 1.99. The van der Waals surface area contributed by atoms with Crippen LogP contribution in [0.3, 0.4) is 0 Å². The predicted octanol–water partition coefficient (Wildman–Crippen LogP) is 2.82. The van der Waals surface area contributed by atoms with Crippen molar-refractivity contribution in [1.29, 1.82) is 0 Å². The van der Waals surface area contributed by atoms with E-state index in [0.29, 0.717) is 12.3 Å². The number of hydrogen-bond acceptors (Lipinski definition) is 3. The first-order chi connectivity index (χ1) is 9.63. The van der Waals surface area contributed by atoms with E-state index in [4.69, 9.17) is 22.1 Å². The molecule has 0 aliphatic rings. The molecule has 0 saturated heterocycles. The van der Waals surface area contributed by atoms with Crippen molar-refractivity contribution in [3.63, 3.8) is 0 Å². The van der Waals surface area contributed by atoms with Gasteiger partial charge in [0.05, 0.1) is 0 Å². The largest absolute Gasteiger partial charge is 0.484 e. The minimum absolute atomic E-state index is 0.116. The minimum atomic E-state index is -0.492. The third-order valence-corrected chi connectivity index (χ3v) is 2.86. The minimum Gasteiger partial charge on any atom is -0.484 e. The maximum absolute atomic E-state index is 10.6. The number of amides is 1. The fourth-order valence-electron chi connectivity index (χ4n) is 1.67. The highest BCUT2D eigenvalue weighted by Crippen LogP contribution is 2.17. The van der Waals surface area contributed by atoms with Gasteiger partial charge in [-0.25, -0.2) is 0 Å². The molecule has 0 atom stereocenters. The van der Waals surface area contributed by atoms with Gasteiger partial charge in [-0.2, -0.15) is 0 Å². The zero-order valence-electron chi connectivity index (χ0n) is 10.8. The van der Waals surface area contributed by atoms with Gasteiger partial charge >= 0.3 is 0 Å². The van der Waals surface area contributed by atoms with Crippen molar-refractivity contribution in [2.24, 2.45) is 5.73 Å². The highest BCUT2D eigenvalue weighted by atomic mass is 35.5. The first-order valence-corrected chi connectivity index (χ1v) is 6.51. The van der Waals surface area contributed by atoms with Crippen LogP contribution < -0.4 is 15.8 Å². The first kappa shape index (κ1) is 14.2. The van der Waals surface area contributed by atoms with Crippen LogP contribution in [-0.4, -0.2) is 12.5 Å². The number of primary amides is 1. The second kappa shape index (κ2) is 6.82. The Balaban J connectivity index is 1.89. The molecule has 20 heavy (non-hydrogen) atoms. The van der Waals surface area contributed by atoms with Crippen LogP contribution in [0.5, 0.6) is 5.75 Å². The number of anilines is 1. The van der Waals surface area contributed by atoms with Gasteiger partial charge in [0.25, 0.3) is 5.91 Å². The molecule has 2 aromatic rings. The molecule has 0 heterocycles. The molecule has 4 nitrogen and oxygen atoms in total. The summed E-state index contributed by atoms with van der Waals surface area (Å²) in [5.41, 5.74) is 7.07. The topological polar surface area (TPSA) is 64.4 Å². The first-order valence-electron chi connectivity index (χ1n) is 6.13. The van der Waals surface area contributed by atoms with Gasteiger partial charge in [0, 0.05) is 17.3 Å². The van der Waals surface area contributed by atoms with E-state index >= 15 is 0 Å². The van der Waals surface area contributed by atoms with E-state index < -0.39 is 5.91 Å². The highest BCUT2D eigenvalue weighted by molar-refractivity contribution is 6.30. The Morgan fingerprint density at radius 1 is 1.20 bits per heavy atom. The average Bonchev–Trinajstić information content (AvgIpc) is 2.44. The molecule has 1 amide bonds. The Bertz CT molecular complexity index is 585. The fourth-order valence-corrected chi connectivity index (χ4v) is 1.89. The molecule has 0 radical (unpaired) electrons. The lowest BCUT2D eigenvalue weighted by atomic mass is 10.2. The molecule has 2 aromatic carbocycles. The van der Waals surface area contributed by atoms with Gasteiger partial charge in [0.1, 0.15) is 5.75 Å². The molecule has 104 valence electrons. The SMILES string of the molecule is NC(=O)COc1ccc(NCc2cccc(Cl)c2)cc1. The van der Waals surface area contributed by atoms with E-state index in [1.807, 2.05) is 36.4 Å². The molecule has 2 rings (SSSR count). The van der Waals surface area contributed by atoms with Crippen molar-refractivity contribution in [3.8, 4) is 5.75 Å². The van der Waals surface area contributed by atoms with E-state index in [0.717, 1.165) is 16.3 Å². The number of halogens is 1. The van der Waals surface area contributed by atoms with E-state index in [1.165, 1.54) is 0 Å². The summed E-state index contributed by atoms with van der Waals surface area (Å²) < 4.78 is 5.18. The third-order valence-electron chi connectivity index (χ3n) is 2.62. The van der Waals surface area contributed by atoms with Crippen LogP contribution >= 0.6 is 11.6 Å². The number of carbonyl (C=O) groups is 1. The number of hydrogen-bond donors (Lipinski definition) is 2. The Labute approximate surface area is 122 Å². The lowest BCUT2D eigenvalue weighted by molar-refractivity contribution is -0.119. The van der Waals surface area contributed by atoms with Gasteiger partial charge in [-0.3, -0.25) is 4.79 Å². The number of carbonyl (C=O) groups excluding carboxylic acids is 1. The standard InChI is InChI=1S/C15H15ClN2O2/c16-12-3-1-2-11(8-12)9-18-13-4-6-14(7-5-13)20-10-15(17)19/h1-8,18H,9-10H2,(H2,17,19). The van der Waals surface area contributed by atoms with Crippen LogP contribution in [0.4, 0.5) is 5.69 Å². The van der Waals surface area contributed by atoms with Crippen molar-refractivity contribution in [2.75, 3.05) is 11.9 Å². The van der Waals surface area contributed by atoms with Gasteiger partial charge in [0.2, 0.25) is 0 Å². The molecule has 3 N–H and O–H groups in total. The maximum atomic E-state index is 10.6. The van der Waals surface area contributed by atoms with Crippen LogP contribution in [0, 0.1) is 0 Å². The second-order valence-corrected chi connectivity index (χ2v) is 4.70. The Hall–Kier alpha value is -2.20. The van der Waals surface area contributed by atoms with Crippen molar-refractivity contribution in [2.45, 2.75) is 6.54 Å². The van der Waals surface area contributed by atoms with E-state index in [9.17, 15) is 4.79 Å². The lowest BCUT2D eigenvalue weighted by Crippen LogP contribution is -2.19. The molecule has 0 saturated carbocycles. The van der Waals surface area contributed by atoms with Crippen molar-refractivity contribution < 1.29 is 9.53 Å². The Morgan fingerprint density at radius 3 is 2.60 bits per heavy atom. The quantitative estimate of drug-likeness (QED) is 0.860. The van der Waals surface area contributed by atoms with Crippen molar-refractivity contribution in [1.82, 2.24) is 0 Å². The second-order valence-electron chi connectivity index (χ2n) is 4.26. The average molecular weight is 291 g/mol. The maximum Gasteiger partial charge on any atom is 0.255 e. The van der Waals surface area contributed by atoms with Crippen LogP contribution in [-0.2, 0) is 11.3 Å². The molecule has 0 unspecified atom stereocenters. The summed E-state index contributed by atoms with van der Waals surface area (Å²) >= 11 is 5.93. The number of rotatable bonds is 6. The molecular weight excluding hydrogens is 276 g/mol. The Morgan fingerprint density at radius 2 is 1.95 bits per heavy atom. The van der Waals surface area contributed by atoms with E-state index in [2.05, 4.69) is 5.32 Å². The Kier molecular flexibility index (Phi) is 4.85. The molecular formula is C15H15ClN2O2. The predicted molar refractivity (Wildman–Crippen MR) is 79.9 cm³/mol. The monoisotopic (exact) mass is 290 g/mol. The molecule has 0 fully saturated rings. The third kappa shape index (κ3) is 4.48. The molecule has 0 aromatic heterocycles. The smallest absolute Gasteiger partial charge is 0.255 e. The van der Waals surface area contributed by atoms with Crippen LogP contribution in [0.2, 0.25) is 5.02 Å². The summed E-state index contributed by atoms with van der Waals surface area (Å²) in [6.45, 7) is 0.567. The summed E-state index contributed by atoms with van der Waals surface area (Å²) in [5.74, 6) is 0.116. The number of benzene rings is 2. The van der Waals surface area contributed by atoms with E-state index in [1.54, 1.807) is 12.1 Å². The van der Waals surface area contributed by atoms with Crippen molar-refractivity contribution >= 4 is 23.2 Å². The van der Waals surface area contributed by atoms with Crippen LogP contribution in [0.1, 0.15) is 5.56 Å². The van der Waals surface area contributed by atoms with Gasteiger partial charge in [-0.15, -0.1) is 0 Å². The van der Waals surface area contributed by atoms with Gasteiger partial charge in [-0.1, -0.05) is 23.7 Å². The zero-order chi connectivity index (χ0) is 14.4. The van der Waals surface area contributed by atoms with Gasteiger partial charge in [-0.05, 0) is 42.0 Å². The summed E-state index contributed by atoms with van der Waals surface area (Å²) in [6.07, 6.45) is 0. The van der Waals surface area contributed by atoms with Crippen molar-refractivity contribution in [3.05, 3.63) is 59.1 Å². The molecule has 0 aliphatic carbocycles. The number of nitrogens with two attached hydrogens (primary N) is 1. The summed E-state index contributed by atoms with van der Waals surface area (Å²) in [6, 6.07) is 15.0. The van der Waals surface area contributed by atoms with Crippen LogP contribution in [0.15, 0.2) is 48.5 Å². The molecule has 5 heteroatoms. The molecule has 0 spiro atoms. The fraction of sp³-hybridized carbons (Fsp3) is 0.133. The van der Waals surface area contributed by atoms with Crippen LogP contribution in [0.25, 0.3) is 0 Å². The summed E-state index contributed by atoms with van der Waals surface area (Å²) in [7, 11) is 0. The van der Waals surface area contributed by atoms with E-state index in [-0.39, 0.29) is 6.61 Å².